The Balaban J connectivity index is 1.77. The van der Waals surface area contributed by atoms with Gasteiger partial charge in [0.2, 0.25) is 10.0 Å². The van der Waals surface area contributed by atoms with Gasteiger partial charge in [0.1, 0.15) is 5.75 Å². The quantitative estimate of drug-likeness (QED) is 0.497. The molecule has 0 radical (unpaired) electrons. The maximum Gasteiger partial charge on any atom is 0.273 e. The number of non-ortho nitro benzene ring substituents is 1. The Labute approximate surface area is 157 Å². The lowest BCUT2D eigenvalue weighted by atomic mass is 10.3. The van der Waals surface area contributed by atoms with E-state index >= 15 is 0 Å². The first kappa shape index (κ1) is 21.1. The van der Waals surface area contributed by atoms with Gasteiger partial charge in [0.25, 0.3) is 11.6 Å². The normalized spacial score (nSPS) is 20.8. The molecule has 0 bridgehead atoms. The third-order valence-electron chi connectivity index (χ3n) is 3.86. The summed E-state index contributed by atoms with van der Waals surface area (Å²) in [7, 11) is -3.50. The van der Waals surface area contributed by atoms with Crippen LogP contribution in [0.15, 0.2) is 24.3 Å². The fraction of sp³-hybridized carbons (Fsp3) is 0.562. The van der Waals surface area contributed by atoms with E-state index in [-0.39, 0.29) is 55.6 Å². The Bertz CT molecular complexity index is 774. The van der Waals surface area contributed by atoms with E-state index in [4.69, 9.17) is 9.47 Å². The average Bonchev–Trinajstić information content (AvgIpc) is 2.59. The van der Waals surface area contributed by atoms with Crippen LogP contribution in [0.1, 0.15) is 13.8 Å². The fourth-order valence-corrected chi connectivity index (χ4v) is 4.19. The maximum atomic E-state index is 12.4. The van der Waals surface area contributed by atoms with E-state index in [2.05, 4.69) is 5.32 Å². The van der Waals surface area contributed by atoms with Gasteiger partial charge in [-0.25, -0.2) is 8.42 Å². The molecule has 2 unspecified atom stereocenters. The predicted octanol–water partition coefficient (Wildman–Crippen LogP) is 0.529. The van der Waals surface area contributed by atoms with Gasteiger partial charge in [-0.2, -0.15) is 4.31 Å². The van der Waals surface area contributed by atoms with E-state index in [1.165, 1.54) is 28.6 Å². The fourth-order valence-electron chi connectivity index (χ4n) is 2.69. The molecule has 11 heteroatoms. The van der Waals surface area contributed by atoms with E-state index in [0.717, 1.165) is 0 Å². The molecular formula is C16H23N3O7S. The molecule has 1 aliphatic heterocycles. The van der Waals surface area contributed by atoms with Crippen LogP contribution in [0.5, 0.6) is 5.75 Å². The second kappa shape index (κ2) is 9.11. The lowest BCUT2D eigenvalue weighted by molar-refractivity contribution is -0.384. The Morgan fingerprint density at radius 1 is 1.37 bits per heavy atom. The largest absolute Gasteiger partial charge is 0.484 e. The zero-order chi connectivity index (χ0) is 20.0. The smallest absolute Gasteiger partial charge is 0.273 e. The van der Waals surface area contributed by atoms with Gasteiger partial charge in [-0.15, -0.1) is 0 Å². The van der Waals surface area contributed by atoms with Crippen molar-refractivity contribution < 1.29 is 27.6 Å². The number of sulfonamides is 1. The number of amides is 1. The van der Waals surface area contributed by atoms with Crippen LogP contribution in [0.2, 0.25) is 0 Å². The van der Waals surface area contributed by atoms with Gasteiger partial charge in [0.05, 0.1) is 29.0 Å². The minimum atomic E-state index is -3.50. The number of morpholine rings is 1. The summed E-state index contributed by atoms with van der Waals surface area (Å²) in [5, 5.41) is 13.2. The highest BCUT2D eigenvalue weighted by Crippen LogP contribution is 2.19. The highest BCUT2D eigenvalue weighted by Gasteiger charge is 2.30. The first-order valence-corrected chi connectivity index (χ1v) is 10.1. The van der Waals surface area contributed by atoms with Crippen molar-refractivity contribution in [1.82, 2.24) is 9.62 Å². The molecule has 1 saturated heterocycles. The van der Waals surface area contributed by atoms with Crippen LogP contribution in [0.25, 0.3) is 0 Å². The average molecular weight is 401 g/mol. The van der Waals surface area contributed by atoms with E-state index < -0.39 is 20.9 Å². The molecule has 2 atom stereocenters. The molecule has 1 aromatic rings. The second-order valence-electron chi connectivity index (χ2n) is 6.28. The maximum absolute atomic E-state index is 12.4. The van der Waals surface area contributed by atoms with Crippen LogP contribution >= 0.6 is 0 Å². The number of nitrogens with one attached hydrogen (secondary N) is 1. The minimum Gasteiger partial charge on any atom is -0.484 e. The van der Waals surface area contributed by atoms with Crippen molar-refractivity contribution in [3.8, 4) is 5.75 Å². The second-order valence-corrected chi connectivity index (χ2v) is 8.37. The number of nitrogens with zero attached hydrogens (tertiary/aromatic N) is 2. The van der Waals surface area contributed by atoms with Crippen LogP contribution in [-0.4, -0.2) is 67.8 Å². The van der Waals surface area contributed by atoms with Gasteiger partial charge in [-0.3, -0.25) is 14.9 Å². The highest BCUT2D eigenvalue weighted by atomic mass is 32.2. The van der Waals surface area contributed by atoms with Crippen LogP contribution < -0.4 is 10.1 Å². The van der Waals surface area contributed by atoms with Gasteiger partial charge >= 0.3 is 0 Å². The molecule has 10 nitrogen and oxygen atoms in total. The number of carbonyl (C=O) groups excluding carboxylic acids is 1. The molecule has 0 aliphatic carbocycles. The molecule has 0 spiro atoms. The van der Waals surface area contributed by atoms with Crippen LogP contribution in [0.3, 0.4) is 0 Å². The summed E-state index contributed by atoms with van der Waals surface area (Å²) >= 11 is 0. The van der Waals surface area contributed by atoms with E-state index in [1.807, 2.05) is 13.8 Å². The van der Waals surface area contributed by atoms with Crippen LogP contribution in [0.4, 0.5) is 5.69 Å². The Morgan fingerprint density at radius 2 is 2.04 bits per heavy atom. The lowest BCUT2D eigenvalue weighted by Gasteiger charge is -2.34. The monoisotopic (exact) mass is 401 g/mol. The van der Waals surface area contributed by atoms with Crippen LogP contribution in [0, 0.1) is 10.1 Å². The van der Waals surface area contributed by atoms with Crippen molar-refractivity contribution in [1.29, 1.82) is 0 Å². The number of hydrogen-bond acceptors (Lipinski definition) is 7. The Morgan fingerprint density at radius 3 is 2.67 bits per heavy atom. The number of ether oxygens (including phenoxy) is 2. The van der Waals surface area contributed by atoms with Crippen molar-refractivity contribution in [3.05, 3.63) is 34.4 Å². The van der Waals surface area contributed by atoms with Gasteiger partial charge < -0.3 is 14.8 Å². The molecule has 1 N–H and O–H groups in total. The van der Waals surface area contributed by atoms with Crippen molar-refractivity contribution in [2.45, 2.75) is 26.1 Å². The molecule has 150 valence electrons. The zero-order valence-corrected chi connectivity index (χ0v) is 16.0. The third-order valence-corrected chi connectivity index (χ3v) is 5.67. The first-order chi connectivity index (χ1) is 12.7. The van der Waals surface area contributed by atoms with E-state index in [1.54, 1.807) is 0 Å². The number of rotatable bonds is 8. The molecule has 1 fully saturated rings. The molecular weight excluding hydrogens is 378 g/mol. The summed E-state index contributed by atoms with van der Waals surface area (Å²) in [5.41, 5.74) is -0.145. The number of hydrogen-bond donors (Lipinski definition) is 1. The number of nitro benzene ring substituents is 1. The molecule has 27 heavy (non-hydrogen) atoms. The summed E-state index contributed by atoms with van der Waals surface area (Å²) in [6.45, 7) is 3.77. The van der Waals surface area contributed by atoms with Gasteiger partial charge in [0, 0.05) is 25.7 Å². The number of benzene rings is 1. The van der Waals surface area contributed by atoms with Gasteiger partial charge in [0.15, 0.2) is 6.61 Å². The standard InChI is InChI=1S/C16H23N3O7S/c1-12-9-18(10-13(2)26-12)27(23,24)7-6-17-16(20)11-25-15-5-3-4-14(8-15)19(21)22/h3-5,8,12-13H,6-7,9-11H2,1-2H3,(H,17,20). The molecule has 2 rings (SSSR count). The van der Waals surface area contributed by atoms with Crippen molar-refractivity contribution in [3.63, 3.8) is 0 Å². The SMILES string of the molecule is CC1CN(S(=O)(=O)CCNC(=O)COc2cccc([N+](=O)[O-])c2)CC(C)O1. The van der Waals surface area contributed by atoms with Gasteiger partial charge in [-0.1, -0.05) is 6.07 Å². The molecule has 1 aliphatic rings. The summed E-state index contributed by atoms with van der Waals surface area (Å²) in [6, 6.07) is 5.46. The van der Waals surface area contributed by atoms with Crippen molar-refractivity contribution >= 4 is 21.6 Å². The summed E-state index contributed by atoms with van der Waals surface area (Å²) in [4.78, 5) is 21.9. The Kier molecular flexibility index (Phi) is 7.11. The summed E-state index contributed by atoms with van der Waals surface area (Å²) in [5.74, 6) is -0.557. The molecule has 0 saturated carbocycles. The van der Waals surface area contributed by atoms with Gasteiger partial charge in [-0.05, 0) is 19.9 Å². The zero-order valence-electron chi connectivity index (χ0n) is 15.2. The highest BCUT2D eigenvalue weighted by molar-refractivity contribution is 7.89. The molecule has 1 amide bonds. The first-order valence-electron chi connectivity index (χ1n) is 8.44. The van der Waals surface area contributed by atoms with E-state index in [0.29, 0.717) is 0 Å². The third kappa shape index (κ3) is 6.45. The van der Waals surface area contributed by atoms with Crippen LogP contribution in [-0.2, 0) is 19.6 Å². The molecule has 0 aromatic heterocycles. The van der Waals surface area contributed by atoms with Crippen molar-refractivity contribution in [2.75, 3.05) is 32.0 Å². The minimum absolute atomic E-state index is 0.0560. The Hall–Kier alpha value is -2.24. The van der Waals surface area contributed by atoms with Crippen molar-refractivity contribution in [2.24, 2.45) is 0 Å². The number of nitro groups is 1. The molecule has 1 aromatic carbocycles. The molecule has 1 heterocycles. The topological polar surface area (TPSA) is 128 Å². The number of carbonyl (C=O) groups is 1. The lowest BCUT2D eigenvalue weighted by Crippen LogP contribution is -2.49. The summed E-state index contributed by atoms with van der Waals surface area (Å²) in [6.07, 6.45) is -0.358. The van der Waals surface area contributed by atoms with E-state index in [9.17, 15) is 23.3 Å². The predicted molar refractivity (Wildman–Crippen MR) is 97.0 cm³/mol. The summed E-state index contributed by atoms with van der Waals surface area (Å²) < 4.78 is 36.8.